The molecule has 0 radical (unpaired) electrons. The molecule has 1 nitrogen and oxygen atoms in total. The smallest absolute Gasteiger partial charge is 0.114 e. The maximum Gasteiger partial charge on any atom is 0.114 e. The van der Waals surface area contributed by atoms with Crippen LogP contribution in [0.1, 0.15) is 28.1 Å². The van der Waals surface area contributed by atoms with Gasteiger partial charge in [-0.2, -0.15) is 0 Å². The molecule has 1 rings (SSSR count). The topological polar surface area (TPSA) is 9.23 Å². The molecular formula is C9H18O. The number of allylic oxidation sites excluding steroid dienone is 3. The normalized spacial score (nSPS) is 14.9. The summed E-state index contributed by atoms with van der Waals surface area (Å²) < 4.78 is 4.97. The predicted octanol–water partition coefficient (Wildman–Crippen LogP) is 3.14. The van der Waals surface area contributed by atoms with Crippen LogP contribution in [0.2, 0.25) is 0 Å². The molecule has 0 N–H and O–H groups in total. The van der Waals surface area contributed by atoms with E-state index in [-0.39, 0.29) is 1.43 Å². The van der Waals surface area contributed by atoms with Gasteiger partial charge in [-0.25, -0.2) is 0 Å². The zero-order valence-corrected chi connectivity index (χ0v) is 7.05. The quantitative estimate of drug-likeness (QED) is 0.546. The van der Waals surface area contributed by atoms with Gasteiger partial charge in [0.2, 0.25) is 0 Å². The van der Waals surface area contributed by atoms with Crippen LogP contribution in [0.3, 0.4) is 0 Å². The van der Waals surface area contributed by atoms with Crippen molar-refractivity contribution < 1.29 is 6.16 Å². The van der Waals surface area contributed by atoms with Gasteiger partial charge in [-0.05, 0) is 25.0 Å². The highest BCUT2D eigenvalue weighted by Gasteiger charge is 1.92. The first kappa shape index (κ1) is 9.28. The Kier molecular flexibility index (Phi) is 5.94. The Balaban J connectivity index is 0. The average Bonchev–Trinajstić information content (AvgIpc) is 2.10. The molecule has 0 saturated heterocycles. The van der Waals surface area contributed by atoms with Gasteiger partial charge >= 0.3 is 0 Å². The maximum absolute atomic E-state index is 4.97. The molecule has 0 spiro atoms. The van der Waals surface area contributed by atoms with Gasteiger partial charge in [0.05, 0.1) is 7.11 Å². The summed E-state index contributed by atoms with van der Waals surface area (Å²) in [5.74, 6) is 0.997. The summed E-state index contributed by atoms with van der Waals surface area (Å²) in [5.41, 5.74) is 0. The fourth-order valence-electron chi connectivity index (χ4n) is 0.741. The minimum absolute atomic E-state index is 0. The summed E-state index contributed by atoms with van der Waals surface area (Å²) in [7, 11) is 1.70. The first-order chi connectivity index (χ1) is 4.93. The molecule has 10 heavy (non-hydrogen) atoms. The van der Waals surface area contributed by atoms with Crippen LogP contribution >= 0.6 is 0 Å². The third kappa shape index (κ3) is 3.33. The third-order valence-corrected chi connectivity index (χ3v) is 1.20. The van der Waals surface area contributed by atoms with Crippen LogP contribution in [0.25, 0.3) is 0 Å². The predicted molar refractivity (Wildman–Crippen MR) is 46.9 cm³/mol. The zero-order valence-electron chi connectivity index (χ0n) is 7.05. The molecule has 1 aliphatic rings. The minimum Gasteiger partial charge on any atom is -0.497 e. The second-order valence-electron chi connectivity index (χ2n) is 1.79. The van der Waals surface area contributed by atoms with Crippen LogP contribution in [0.4, 0.5) is 0 Å². The zero-order chi connectivity index (χ0) is 7.82. The maximum atomic E-state index is 4.97. The molecular weight excluding hydrogens is 124 g/mol. The average molecular weight is 142 g/mol. The van der Waals surface area contributed by atoms with Crippen molar-refractivity contribution in [2.75, 3.05) is 7.11 Å². The first-order valence-electron chi connectivity index (χ1n) is 3.84. The van der Waals surface area contributed by atoms with Gasteiger partial charge < -0.3 is 4.74 Å². The van der Waals surface area contributed by atoms with Crippen molar-refractivity contribution in [1.29, 1.82) is 0 Å². The van der Waals surface area contributed by atoms with E-state index in [4.69, 9.17) is 4.74 Å². The van der Waals surface area contributed by atoms with Gasteiger partial charge in [0, 0.05) is 1.43 Å². The van der Waals surface area contributed by atoms with E-state index >= 15 is 0 Å². The van der Waals surface area contributed by atoms with Crippen LogP contribution in [0.15, 0.2) is 24.0 Å². The van der Waals surface area contributed by atoms with Gasteiger partial charge in [0.25, 0.3) is 0 Å². The summed E-state index contributed by atoms with van der Waals surface area (Å²) in [6.07, 6.45) is 8.51. The molecule has 0 aromatic heterocycles. The standard InChI is InChI=1S/C7H10O.C2H6.H2/c1-8-7-5-3-2-4-6-7;1-2;/h3,5-6H,2,4H2,1H3;1-2H3;1H. The molecule has 0 aliphatic heterocycles. The highest BCUT2D eigenvalue weighted by Crippen LogP contribution is 2.08. The molecule has 0 fully saturated rings. The molecule has 0 amide bonds. The summed E-state index contributed by atoms with van der Waals surface area (Å²) in [5, 5.41) is 0. The second-order valence-corrected chi connectivity index (χ2v) is 1.79. The Bertz CT molecular complexity index is 128. The lowest BCUT2D eigenvalue weighted by Crippen LogP contribution is -1.85. The lowest BCUT2D eigenvalue weighted by molar-refractivity contribution is 0.303. The molecule has 60 valence electrons. The van der Waals surface area contributed by atoms with Crippen LogP contribution in [-0.4, -0.2) is 7.11 Å². The molecule has 0 unspecified atom stereocenters. The summed E-state index contributed by atoms with van der Waals surface area (Å²) in [4.78, 5) is 0. The molecule has 1 aliphatic carbocycles. The Hall–Kier alpha value is -0.720. The van der Waals surface area contributed by atoms with Crippen molar-refractivity contribution in [3.63, 3.8) is 0 Å². The van der Waals surface area contributed by atoms with Crippen LogP contribution in [0, 0.1) is 0 Å². The van der Waals surface area contributed by atoms with Crippen molar-refractivity contribution >= 4 is 0 Å². The molecule has 0 aromatic rings. The molecule has 0 heterocycles. The molecule has 0 aromatic carbocycles. The van der Waals surface area contributed by atoms with Crippen LogP contribution in [-0.2, 0) is 4.74 Å². The van der Waals surface area contributed by atoms with Crippen molar-refractivity contribution in [2.45, 2.75) is 26.7 Å². The van der Waals surface area contributed by atoms with E-state index in [0.717, 1.165) is 18.6 Å². The van der Waals surface area contributed by atoms with Crippen LogP contribution < -0.4 is 0 Å². The van der Waals surface area contributed by atoms with E-state index in [1.54, 1.807) is 7.11 Å². The number of rotatable bonds is 1. The lowest BCUT2D eigenvalue weighted by Gasteiger charge is -2.02. The molecule has 1 heteroatoms. The summed E-state index contributed by atoms with van der Waals surface area (Å²) in [6, 6.07) is 0. The third-order valence-electron chi connectivity index (χ3n) is 1.20. The number of hydrogen-bond acceptors (Lipinski definition) is 1. The second kappa shape index (κ2) is 6.40. The van der Waals surface area contributed by atoms with Crippen molar-refractivity contribution in [1.82, 2.24) is 0 Å². The Morgan fingerprint density at radius 2 is 2.10 bits per heavy atom. The van der Waals surface area contributed by atoms with Gasteiger partial charge in [-0.3, -0.25) is 0 Å². The van der Waals surface area contributed by atoms with Crippen molar-refractivity contribution in [2.24, 2.45) is 0 Å². The van der Waals surface area contributed by atoms with E-state index in [1.165, 1.54) is 0 Å². The van der Waals surface area contributed by atoms with E-state index in [2.05, 4.69) is 12.2 Å². The van der Waals surface area contributed by atoms with Crippen molar-refractivity contribution in [3.8, 4) is 0 Å². The Labute approximate surface area is 64.9 Å². The van der Waals surface area contributed by atoms with Gasteiger partial charge in [-0.1, -0.05) is 19.9 Å². The van der Waals surface area contributed by atoms with Gasteiger partial charge in [-0.15, -0.1) is 0 Å². The lowest BCUT2D eigenvalue weighted by atomic mass is 10.2. The SMILES string of the molecule is CC.COC1=CCCC=C1.[HH]. The Morgan fingerprint density at radius 3 is 2.40 bits per heavy atom. The highest BCUT2D eigenvalue weighted by molar-refractivity contribution is 5.15. The minimum atomic E-state index is 0. The van der Waals surface area contributed by atoms with Crippen molar-refractivity contribution in [3.05, 3.63) is 24.0 Å². The molecule has 0 atom stereocenters. The fraction of sp³-hybridized carbons (Fsp3) is 0.556. The number of hydrogen-bond donors (Lipinski definition) is 0. The van der Waals surface area contributed by atoms with Crippen LogP contribution in [0.5, 0.6) is 0 Å². The first-order valence-corrected chi connectivity index (χ1v) is 3.84. The van der Waals surface area contributed by atoms with E-state index in [1.807, 2.05) is 19.9 Å². The van der Waals surface area contributed by atoms with E-state index in [0.29, 0.717) is 0 Å². The monoisotopic (exact) mass is 142 g/mol. The Morgan fingerprint density at radius 1 is 1.40 bits per heavy atom. The fourth-order valence-corrected chi connectivity index (χ4v) is 0.741. The highest BCUT2D eigenvalue weighted by atomic mass is 16.5. The molecule has 0 bridgehead atoms. The summed E-state index contributed by atoms with van der Waals surface area (Å²) >= 11 is 0. The van der Waals surface area contributed by atoms with E-state index < -0.39 is 0 Å². The van der Waals surface area contributed by atoms with Gasteiger partial charge in [0.15, 0.2) is 0 Å². The number of methoxy groups -OCH3 is 1. The number of ether oxygens (including phenoxy) is 1. The van der Waals surface area contributed by atoms with Gasteiger partial charge in [0.1, 0.15) is 5.76 Å². The summed E-state index contributed by atoms with van der Waals surface area (Å²) in [6.45, 7) is 4.00. The van der Waals surface area contributed by atoms with E-state index in [9.17, 15) is 0 Å². The molecule has 0 saturated carbocycles. The largest absolute Gasteiger partial charge is 0.497 e.